The maximum Gasteiger partial charge on any atom is 0.227 e. The summed E-state index contributed by atoms with van der Waals surface area (Å²) in [6, 6.07) is 37.6. The lowest BCUT2D eigenvalue weighted by atomic mass is 9.87. The minimum Gasteiger partial charge on any atom is -0.312 e. The molecular formula is C44H62N2O2. The summed E-state index contributed by atoms with van der Waals surface area (Å²) < 4.78 is 0. The van der Waals surface area contributed by atoms with Gasteiger partial charge < -0.3 is 9.80 Å². The molecule has 0 N–H and O–H groups in total. The van der Waals surface area contributed by atoms with Crippen LogP contribution in [0.2, 0.25) is 0 Å². The Kier molecular flexibility index (Phi) is 21.0. The molecule has 2 atom stereocenters. The van der Waals surface area contributed by atoms with Gasteiger partial charge in [-0.1, -0.05) is 152 Å². The third-order valence-corrected chi connectivity index (χ3v) is 8.14. The fraction of sp³-hybridized carbons (Fsp3) is 0.409. The Bertz CT molecular complexity index is 1320. The zero-order chi connectivity index (χ0) is 35.9. The second kappa shape index (κ2) is 24.0. The lowest BCUT2D eigenvalue weighted by Crippen LogP contribution is -2.29. The fourth-order valence-electron chi connectivity index (χ4n) is 6.20. The third-order valence-electron chi connectivity index (χ3n) is 8.14. The quantitative estimate of drug-likeness (QED) is 0.220. The number of carbonyl (C=O) groups excluding carboxylic acids is 2. The highest BCUT2D eigenvalue weighted by Gasteiger charge is 2.28. The smallest absolute Gasteiger partial charge is 0.227 e. The standard InChI is InChI=1S/2C18H19NO.4C2H6/c2*1-2-19-17-11-7-6-10-16(17)15(12-13-18(19)20)14-8-4-3-5-9-14;4*1-2/h2*3-11,15H,2,12-13H2,1H3;4*1-2H3. The Balaban J connectivity index is 0.000000398. The summed E-state index contributed by atoms with van der Waals surface area (Å²) in [4.78, 5) is 28.5. The lowest BCUT2D eigenvalue weighted by molar-refractivity contribution is -0.119. The molecule has 2 amide bonds. The highest BCUT2D eigenvalue weighted by atomic mass is 16.2. The summed E-state index contributed by atoms with van der Waals surface area (Å²) in [6.07, 6.45) is 3.00. The summed E-state index contributed by atoms with van der Waals surface area (Å²) >= 11 is 0. The first-order chi connectivity index (χ1) is 23.6. The molecule has 0 aromatic heterocycles. The zero-order valence-electron chi connectivity index (χ0n) is 31.5. The number of para-hydroxylation sites is 2. The van der Waals surface area contributed by atoms with Crippen LogP contribution in [0, 0.1) is 0 Å². The zero-order valence-corrected chi connectivity index (χ0v) is 31.5. The average molecular weight is 651 g/mol. The van der Waals surface area contributed by atoms with Crippen molar-refractivity contribution in [3.8, 4) is 0 Å². The van der Waals surface area contributed by atoms with Gasteiger partial charge in [0, 0.05) is 49.1 Å². The molecule has 0 bridgehead atoms. The number of carbonyl (C=O) groups is 2. The van der Waals surface area contributed by atoms with Crippen molar-refractivity contribution in [3.05, 3.63) is 131 Å². The van der Waals surface area contributed by atoms with E-state index in [1.54, 1.807) is 0 Å². The second-order valence-electron chi connectivity index (χ2n) is 10.4. The van der Waals surface area contributed by atoms with E-state index in [1.165, 1.54) is 22.3 Å². The van der Waals surface area contributed by atoms with E-state index in [-0.39, 0.29) is 11.8 Å². The molecule has 0 saturated heterocycles. The maximum atomic E-state index is 12.3. The number of fused-ring (bicyclic) bond motifs is 2. The van der Waals surface area contributed by atoms with E-state index in [1.807, 2.05) is 103 Å². The summed E-state index contributed by atoms with van der Waals surface area (Å²) in [5.74, 6) is 1.09. The molecule has 260 valence electrons. The summed E-state index contributed by atoms with van der Waals surface area (Å²) in [5.41, 5.74) is 7.28. The number of hydrogen-bond donors (Lipinski definition) is 0. The van der Waals surface area contributed by atoms with E-state index in [0.29, 0.717) is 24.7 Å². The van der Waals surface area contributed by atoms with Crippen molar-refractivity contribution >= 4 is 23.2 Å². The van der Waals surface area contributed by atoms with Crippen molar-refractivity contribution in [2.24, 2.45) is 0 Å². The molecule has 0 spiro atoms. The summed E-state index contributed by atoms with van der Waals surface area (Å²) in [5, 5.41) is 0. The molecule has 2 heterocycles. The largest absolute Gasteiger partial charge is 0.312 e. The van der Waals surface area contributed by atoms with Gasteiger partial charge in [-0.25, -0.2) is 0 Å². The minimum atomic E-state index is 0.235. The molecule has 2 unspecified atom stereocenters. The van der Waals surface area contributed by atoms with Gasteiger partial charge in [-0.15, -0.1) is 0 Å². The van der Waals surface area contributed by atoms with Crippen LogP contribution in [-0.2, 0) is 9.59 Å². The van der Waals surface area contributed by atoms with Crippen LogP contribution >= 0.6 is 0 Å². The van der Waals surface area contributed by atoms with E-state index >= 15 is 0 Å². The molecule has 0 saturated carbocycles. The molecule has 0 fully saturated rings. The van der Waals surface area contributed by atoms with Crippen molar-refractivity contribution in [3.63, 3.8) is 0 Å². The van der Waals surface area contributed by atoms with E-state index in [9.17, 15) is 9.59 Å². The lowest BCUT2D eigenvalue weighted by Gasteiger charge is -2.23. The maximum absolute atomic E-state index is 12.3. The number of amides is 2. The van der Waals surface area contributed by atoms with Gasteiger partial charge >= 0.3 is 0 Å². The fourth-order valence-corrected chi connectivity index (χ4v) is 6.20. The van der Waals surface area contributed by atoms with Crippen LogP contribution < -0.4 is 9.80 Å². The number of anilines is 2. The normalized spacial score (nSPS) is 16.0. The molecule has 2 aliphatic rings. The van der Waals surface area contributed by atoms with Gasteiger partial charge in [0.25, 0.3) is 0 Å². The molecule has 4 aromatic rings. The second-order valence-corrected chi connectivity index (χ2v) is 10.4. The van der Waals surface area contributed by atoms with Crippen LogP contribution in [0.1, 0.15) is 129 Å². The van der Waals surface area contributed by atoms with E-state index < -0.39 is 0 Å². The Morgan fingerprint density at radius 1 is 0.458 bits per heavy atom. The van der Waals surface area contributed by atoms with Gasteiger partial charge in [0.2, 0.25) is 11.8 Å². The van der Waals surface area contributed by atoms with Crippen molar-refractivity contribution in [2.45, 2.75) is 107 Å². The highest BCUT2D eigenvalue weighted by Crippen LogP contribution is 2.40. The SMILES string of the molecule is CC.CC.CC.CC.CCN1C(=O)CCC(c2ccccc2)c2ccccc21.CCN1C(=O)CCC(c2ccccc2)c2ccccc21. The molecule has 2 aliphatic heterocycles. The molecular weight excluding hydrogens is 588 g/mol. The van der Waals surface area contributed by atoms with Crippen LogP contribution in [0.3, 0.4) is 0 Å². The van der Waals surface area contributed by atoms with Crippen molar-refractivity contribution < 1.29 is 9.59 Å². The molecule has 0 aliphatic carbocycles. The van der Waals surface area contributed by atoms with Crippen LogP contribution in [0.25, 0.3) is 0 Å². The van der Waals surface area contributed by atoms with Crippen molar-refractivity contribution in [1.82, 2.24) is 0 Å². The number of nitrogens with zero attached hydrogens (tertiary/aromatic N) is 2. The first-order valence-electron chi connectivity index (χ1n) is 18.5. The molecule has 4 aromatic carbocycles. The van der Waals surface area contributed by atoms with Gasteiger partial charge in [-0.2, -0.15) is 0 Å². The number of rotatable bonds is 4. The molecule has 48 heavy (non-hydrogen) atoms. The van der Waals surface area contributed by atoms with Gasteiger partial charge in [-0.05, 0) is 61.1 Å². The third kappa shape index (κ3) is 10.9. The first-order valence-corrected chi connectivity index (χ1v) is 18.5. The topological polar surface area (TPSA) is 40.6 Å². The van der Waals surface area contributed by atoms with Crippen LogP contribution in [0.15, 0.2) is 109 Å². The monoisotopic (exact) mass is 650 g/mol. The van der Waals surface area contributed by atoms with E-state index in [0.717, 1.165) is 37.3 Å². The Hall–Kier alpha value is -4.18. The summed E-state index contributed by atoms with van der Waals surface area (Å²) in [7, 11) is 0. The Morgan fingerprint density at radius 3 is 1.06 bits per heavy atom. The first kappa shape index (κ1) is 41.8. The van der Waals surface area contributed by atoms with Crippen molar-refractivity contribution in [2.75, 3.05) is 22.9 Å². The Morgan fingerprint density at radius 2 is 0.750 bits per heavy atom. The molecule has 4 heteroatoms. The minimum absolute atomic E-state index is 0.235. The summed E-state index contributed by atoms with van der Waals surface area (Å²) in [6.45, 7) is 21.5. The number of hydrogen-bond acceptors (Lipinski definition) is 2. The molecule has 4 nitrogen and oxygen atoms in total. The van der Waals surface area contributed by atoms with Gasteiger partial charge in [0.1, 0.15) is 0 Å². The van der Waals surface area contributed by atoms with Crippen molar-refractivity contribution in [1.29, 1.82) is 0 Å². The molecule has 6 rings (SSSR count). The van der Waals surface area contributed by atoms with Crippen LogP contribution in [0.5, 0.6) is 0 Å². The van der Waals surface area contributed by atoms with Crippen LogP contribution in [-0.4, -0.2) is 24.9 Å². The average Bonchev–Trinajstić information content (AvgIpc) is 3.42. The van der Waals surface area contributed by atoms with Crippen LogP contribution in [0.4, 0.5) is 11.4 Å². The van der Waals surface area contributed by atoms with Gasteiger partial charge in [0.05, 0.1) is 0 Å². The molecule has 0 radical (unpaired) electrons. The van der Waals surface area contributed by atoms with Gasteiger partial charge in [-0.3, -0.25) is 9.59 Å². The van der Waals surface area contributed by atoms with E-state index in [2.05, 4.69) is 84.9 Å². The predicted octanol–water partition coefficient (Wildman–Crippen LogP) is 12.0. The van der Waals surface area contributed by atoms with E-state index in [4.69, 9.17) is 0 Å². The number of benzene rings is 4. The predicted molar refractivity (Wildman–Crippen MR) is 209 cm³/mol. The Labute approximate surface area is 293 Å². The highest BCUT2D eigenvalue weighted by molar-refractivity contribution is 5.96. The van der Waals surface area contributed by atoms with Gasteiger partial charge in [0.15, 0.2) is 0 Å².